The van der Waals surface area contributed by atoms with Gasteiger partial charge in [0.05, 0.1) is 17.0 Å². The van der Waals surface area contributed by atoms with E-state index in [0.717, 1.165) is 5.56 Å². The highest BCUT2D eigenvalue weighted by atomic mass is 32.2. The standard InChI is InChI=1S/C22H21NO4S/c1-17-12-14-20(15-13-17)28(25,26)23-16-21(18-8-4-2-5-9-18)27-22(24)19-10-6-3-7-11-19/h2-15,21,23H,16H2,1H3. The van der Waals surface area contributed by atoms with Crippen LogP contribution in [0.1, 0.15) is 27.6 Å². The molecule has 1 N–H and O–H groups in total. The molecule has 3 aromatic rings. The monoisotopic (exact) mass is 395 g/mol. The molecule has 0 amide bonds. The van der Waals surface area contributed by atoms with Crippen molar-refractivity contribution >= 4 is 16.0 Å². The fraction of sp³-hybridized carbons (Fsp3) is 0.136. The largest absolute Gasteiger partial charge is 0.452 e. The Balaban J connectivity index is 1.78. The van der Waals surface area contributed by atoms with Gasteiger partial charge >= 0.3 is 5.97 Å². The van der Waals surface area contributed by atoms with Gasteiger partial charge in [-0.25, -0.2) is 17.9 Å². The minimum atomic E-state index is -3.72. The maximum absolute atomic E-state index is 12.6. The maximum Gasteiger partial charge on any atom is 0.338 e. The number of hydrogen-bond acceptors (Lipinski definition) is 4. The lowest BCUT2D eigenvalue weighted by atomic mass is 10.1. The second-order valence-corrected chi connectivity index (χ2v) is 8.10. The first-order valence-electron chi connectivity index (χ1n) is 8.83. The molecule has 0 saturated heterocycles. The van der Waals surface area contributed by atoms with Crippen molar-refractivity contribution < 1.29 is 17.9 Å². The lowest BCUT2D eigenvalue weighted by Crippen LogP contribution is -2.30. The molecule has 1 atom stereocenters. The predicted molar refractivity (Wildman–Crippen MR) is 107 cm³/mol. The summed E-state index contributed by atoms with van der Waals surface area (Å²) in [5.41, 5.74) is 2.08. The summed E-state index contributed by atoms with van der Waals surface area (Å²) in [5, 5.41) is 0. The zero-order valence-corrected chi connectivity index (χ0v) is 16.2. The van der Waals surface area contributed by atoms with Crippen molar-refractivity contribution in [1.82, 2.24) is 4.72 Å². The number of ether oxygens (including phenoxy) is 1. The highest BCUT2D eigenvalue weighted by molar-refractivity contribution is 7.89. The van der Waals surface area contributed by atoms with Gasteiger partial charge < -0.3 is 4.74 Å². The van der Waals surface area contributed by atoms with E-state index in [1.165, 1.54) is 0 Å². The zero-order valence-electron chi connectivity index (χ0n) is 15.4. The Morgan fingerprint density at radius 2 is 1.46 bits per heavy atom. The van der Waals surface area contributed by atoms with E-state index in [-0.39, 0.29) is 11.4 Å². The minimum absolute atomic E-state index is 0.0706. The van der Waals surface area contributed by atoms with Crippen molar-refractivity contribution in [2.45, 2.75) is 17.9 Å². The topological polar surface area (TPSA) is 72.5 Å². The smallest absolute Gasteiger partial charge is 0.338 e. The molecule has 5 nitrogen and oxygen atoms in total. The van der Waals surface area contributed by atoms with E-state index >= 15 is 0 Å². The summed E-state index contributed by atoms with van der Waals surface area (Å²) >= 11 is 0. The Kier molecular flexibility index (Phi) is 6.23. The van der Waals surface area contributed by atoms with Crippen LogP contribution in [0.5, 0.6) is 0 Å². The maximum atomic E-state index is 12.6. The molecule has 0 aliphatic heterocycles. The van der Waals surface area contributed by atoms with Crippen molar-refractivity contribution in [2.75, 3.05) is 6.54 Å². The highest BCUT2D eigenvalue weighted by Crippen LogP contribution is 2.20. The van der Waals surface area contributed by atoms with Gasteiger partial charge in [-0.2, -0.15) is 0 Å². The Morgan fingerprint density at radius 1 is 0.893 bits per heavy atom. The van der Waals surface area contributed by atoms with Gasteiger partial charge in [0.1, 0.15) is 6.10 Å². The molecule has 6 heteroatoms. The van der Waals surface area contributed by atoms with Crippen LogP contribution in [-0.4, -0.2) is 20.9 Å². The van der Waals surface area contributed by atoms with E-state index < -0.39 is 22.1 Å². The van der Waals surface area contributed by atoms with E-state index in [1.54, 1.807) is 66.7 Å². The van der Waals surface area contributed by atoms with Crippen LogP contribution < -0.4 is 4.72 Å². The van der Waals surface area contributed by atoms with Crippen molar-refractivity contribution in [1.29, 1.82) is 0 Å². The van der Waals surface area contributed by atoms with Gasteiger partial charge in [0, 0.05) is 0 Å². The predicted octanol–water partition coefficient (Wildman–Crippen LogP) is 3.87. The quantitative estimate of drug-likeness (QED) is 0.617. The molecule has 3 aromatic carbocycles. The van der Waals surface area contributed by atoms with E-state index in [0.29, 0.717) is 11.1 Å². The third-order valence-electron chi connectivity index (χ3n) is 4.22. The lowest BCUT2D eigenvalue weighted by Gasteiger charge is -2.19. The molecule has 28 heavy (non-hydrogen) atoms. The third-order valence-corrected chi connectivity index (χ3v) is 5.66. The Morgan fingerprint density at radius 3 is 2.07 bits per heavy atom. The summed E-state index contributed by atoms with van der Waals surface area (Å²) in [4.78, 5) is 12.6. The van der Waals surface area contributed by atoms with Gasteiger partial charge in [0.2, 0.25) is 10.0 Å². The number of aryl methyl sites for hydroxylation is 1. The Labute approximate surface area is 165 Å². The van der Waals surface area contributed by atoms with E-state index in [9.17, 15) is 13.2 Å². The summed E-state index contributed by atoms with van der Waals surface area (Å²) in [7, 11) is -3.72. The number of carbonyl (C=O) groups excluding carboxylic acids is 1. The molecular weight excluding hydrogens is 374 g/mol. The van der Waals surface area contributed by atoms with Gasteiger partial charge in [-0.1, -0.05) is 66.2 Å². The van der Waals surface area contributed by atoms with E-state index in [2.05, 4.69) is 4.72 Å². The molecule has 0 radical (unpaired) electrons. The number of carbonyl (C=O) groups is 1. The summed E-state index contributed by atoms with van der Waals surface area (Å²) in [6, 6.07) is 24.2. The van der Waals surface area contributed by atoms with Crippen LogP contribution in [0.4, 0.5) is 0 Å². The van der Waals surface area contributed by atoms with Crippen LogP contribution in [0.3, 0.4) is 0 Å². The van der Waals surface area contributed by atoms with Gasteiger partial charge in [0.15, 0.2) is 0 Å². The SMILES string of the molecule is Cc1ccc(S(=O)(=O)NCC(OC(=O)c2ccccc2)c2ccccc2)cc1. The summed E-state index contributed by atoms with van der Waals surface area (Å²) < 4.78 is 33.3. The summed E-state index contributed by atoms with van der Waals surface area (Å²) in [5.74, 6) is -0.510. The number of sulfonamides is 1. The van der Waals surface area contributed by atoms with E-state index in [4.69, 9.17) is 4.74 Å². The first-order chi connectivity index (χ1) is 13.5. The molecule has 0 fully saturated rings. The molecule has 0 spiro atoms. The number of nitrogens with one attached hydrogen (secondary N) is 1. The summed E-state index contributed by atoms with van der Waals surface area (Å²) in [6.45, 7) is 1.82. The van der Waals surface area contributed by atoms with Crippen LogP contribution in [0.2, 0.25) is 0 Å². The average molecular weight is 395 g/mol. The Bertz CT molecular complexity index is 1020. The molecule has 0 aliphatic carbocycles. The lowest BCUT2D eigenvalue weighted by molar-refractivity contribution is 0.0308. The molecule has 0 saturated carbocycles. The van der Waals surface area contributed by atoms with Crippen molar-refractivity contribution in [2.24, 2.45) is 0 Å². The van der Waals surface area contributed by atoms with Crippen LogP contribution in [0, 0.1) is 6.92 Å². The molecule has 3 rings (SSSR count). The van der Waals surface area contributed by atoms with Crippen molar-refractivity contribution in [3.63, 3.8) is 0 Å². The van der Waals surface area contributed by atoms with Crippen LogP contribution >= 0.6 is 0 Å². The van der Waals surface area contributed by atoms with Crippen LogP contribution in [-0.2, 0) is 14.8 Å². The van der Waals surface area contributed by atoms with Crippen LogP contribution in [0.25, 0.3) is 0 Å². The molecule has 1 unspecified atom stereocenters. The molecule has 0 aromatic heterocycles. The zero-order chi connectivity index (χ0) is 20.0. The molecular formula is C22H21NO4S. The minimum Gasteiger partial charge on any atom is -0.452 e. The first kappa shape index (κ1) is 19.8. The number of hydrogen-bond donors (Lipinski definition) is 1. The van der Waals surface area contributed by atoms with Gasteiger partial charge in [-0.3, -0.25) is 0 Å². The first-order valence-corrected chi connectivity index (χ1v) is 10.3. The van der Waals surface area contributed by atoms with Crippen LogP contribution in [0.15, 0.2) is 89.8 Å². The summed E-state index contributed by atoms with van der Waals surface area (Å²) in [6.07, 6.45) is -0.755. The highest BCUT2D eigenvalue weighted by Gasteiger charge is 2.22. The van der Waals surface area contributed by atoms with Gasteiger partial charge in [0.25, 0.3) is 0 Å². The molecule has 0 heterocycles. The normalized spacial score (nSPS) is 12.3. The van der Waals surface area contributed by atoms with Crippen molar-refractivity contribution in [3.8, 4) is 0 Å². The Hall–Kier alpha value is -2.96. The van der Waals surface area contributed by atoms with Crippen molar-refractivity contribution in [3.05, 3.63) is 102 Å². The number of benzene rings is 3. The van der Waals surface area contributed by atoms with Gasteiger partial charge in [-0.05, 0) is 36.8 Å². The average Bonchev–Trinajstić information content (AvgIpc) is 2.72. The molecule has 0 aliphatic rings. The fourth-order valence-corrected chi connectivity index (χ4v) is 3.68. The third kappa shape index (κ3) is 5.06. The van der Waals surface area contributed by atoms with E-state index in [1.807, 2.05) is 25.1 Å². The second kappa shape index (κ2) is 8.82. The number of rotatable bonds is 7. The number of esters is 1. The molecule has 0 bridgehead atoms. The second-order valence-electron chi connectivity index (χ2n) is 6.34. The van der Waals surface area contributed by atoms with Gasteiger partial charge in [-0.15, -0.1) is 0 Å². The fourth-order valence-electron chi connectivity index (χ4n) is 2.65. The molecule has 144 valence electrons.